The normalized spacial score (nSPS) is 20.0. The number of nitrogens with one attached hydrogen (secondary N) is 1. The maximum Gasteiger partial charge on any atom is 0.414 e. The third-order valence-corrected chi connectivity index (χ3v) is 4.44. The van der Waals surface area contributed by atoms with E-state index in [0.29, 0.717) is 32.4 Å². The number of carbonyl (C=O) groups is 3. The quantitative estimate of drug-likeness (QED) is 0.906. The van der Waals surface area contributed by atoms with Gasteiger partial charge in [-0.15, -0.1) is 0 Å². The standard InChI is InChI=1S/C17H21N3O4/c1-3-15(21)18-9-13-10-20(17(23)24-13)12-5-6-14-11(8-12)4-7-16(22)19(14)2/h5-6,8,13H,3-4,7,9-10H2,1-2H3,(H,18,21)/t13-/m0/s1. The molecule has 128 valence electrons. The molecule has 3 rings (SSSR count). The minimum absolute atomic E-state index is 0.0639. The predicted molar refractivity (Wildman–Crippen MR) is 89.1 cm³/mol. The Labute approximate surface area is 140 Å². The first-order valence-electron chi connectivity index (χ1n) is 8.14. The zero-order chi connectivity index (χ0) is 17.3. The van der Waals surface area contributed by atoms with Gasteiger partial charge in [0.1, 0.15) is 6.10 Å². The molecule has 7 nitrogen and oxygen atoms in total. The second-order valence-corrected chi connectivity index (χ2v) is 6.04. The number of rotatable bonds is 4. The molecule has 0 radical (unpaired) electrons. The molecule has 1 saturated heterocycles. The van der Waals surface area contributed by atoms with Gasteiger partial charge in [0.15, 0.2) is 0 Å². The first-order chi connectivity index (χ1) is 11.5. The lowest BCUT2D eigenvalue weighted by atomic mass is 10.0. The highest BCUT2D eigenvalue weighted by Crippen LogP contribution is 2.32. The van der Waals surface area contributed by atoms with Gasteiger partial charge in [0.2, 0.25) is 11.8 Å². The van der Waals surface area contributed by atoms with Gasteiger partial charge in [-0.2, -0.15) is 0 Å². The van der Waals surface area contributed by atoms with E-state index in [2.05, 4.69) is 5.32 Å². The van der Waals surface area contributed by atoms with Crippen LogP contribution in [0, 0.1) is 0 Å². The summed E-state index contributed by atoms with van der Waals surface area (Å²) < 4.78 is 5.31. The Morgan fingerprint density at radius 1 is 1.33 bits per heavy atom. The van der Waals surface area contributed by atoms with Crippen molar-refractivity contribution in [2.24, 2.45) is 0 Å². The van der Waals surface area contributed by atoms with Crippen molar-refractivity contribution in [3.63, 3.8) is 0 Å². The van der Waals surface area contributed by atoms with Gasteiger partial charge in [-0.1, -0.05) is 6.92 Å². The van der Waals surface area contributed by atoms with E-state index in [9.17, 15) is 14.4 Å². The lowest BCUT2D eigenvalue weighted by Crippen LogP contribution is -2.34. The van der Waals surface area contributed by atoms with Crippen LogP contribution in [0.5, 0.6) is 0 Å². The molecule has 0 spiro atoms. The zero-order valence-corrected chi connectivity index (χ0v) is 13.9. The third-order valence-electron chi connectivity index (χ3n) is 4.44. The number of cyclic esters (lactones) is 1. The van der Waals surface area contributed by atoms with E-state index in [-0.39, 0.29) is 17.9 Å². The monoisotopic (exact) mass is 331 g/mol. The van der Waals surface area contributed by atoms with Gasteiger partial charge in [-0.3, -0.25) is 14.5 Å². The lowest BCUT2D eigenvalue weighted by molar-refractivity contribution is -0.121. The summed E-state index contributed by atoms with van der Waals surface area (Å²) in [6.07, 6.45) is 0.787. The Morgan fingerprint density at radius 2 is 2.12 bits per heavy atom. The second kappa shape index (κ2) is 6.51. The van der Waals surface area contributed by atoms with Crippen molar-refractivity contribution >= 4 is 29.3 Å². The number of hydrogen-bond acceptors (Lipinski definition) is 4. The van der Waals surface area contributed by atoms with E-state index in [0.717, 1.165) is 16.9 Å². The zero-order valence-electron chi connectivity index (χ0n) is 13.9. The highest BCUT2D eigenvalue weighted by Gasteiger charge is 2.33. The molecule has 0 saturated carbocycles. The molecule has 24 heavy (non-hydrogen) atoms. The second-order valence-electron chi connectivity index (χ2n) is 6.04. The molecule has 1 aromatic rings. The Balaban J connectivity index is 1.72. The van der Waals surface area contributed by atoms with Crippen molar-refractivity contribution in [3.8, 4) is 0 Å². The molecule has 0 bridgehead atoms. The fourth-order valence-corrected chi connectivity index (χ4v) is 3.00. The molecule has 0 unspecified atom stereocenters. The first-order valence-corrected chi connectivity index (χ1v) is 8.14. The molecule has 2 aliphatic rings. The van der Waals surface area contributed by atoms with E-state index in [1.807, 2.05) is 18.2 Å². The van der Waals surface area contributed by atoms with Crippen LogP contribution in [0.2, 0.25) is 0 Å². The topological polar surface area (TPSA) is 79.0 Å². The van der Waals surface area contributed by atoms with Crippen LogP contribution in [0.3, 0.4) is 0 Å². The fourth-order valence-electron chi connectivity index (χ4n) is 3.00. The Kier molecular flexibility index (Phi) is 4.42. The number of nitrogens with zero attached hydrogens (tertiary/aromatic N) is 2. The van der Waals surface area contributed by atoms with Crippen LogP contribution in [-0.4, -0.2) is 44.1 Å². The van der Waals surface area contributed by atoms with E-state index < -0.39 is 6.09 Å². The molecule has 0 aliphatic carbocycles. The lowest BCUT2D eigenvalue weighted by Gasteiger charge is -2.27. The van der Waals surface area contributed by atoms with Gasteiger partial charge < -0.3 is 15.0 Å². The van der Waals surface area contributed by atoms with Crippen LogP contribution in [0.1, 0.15) is 25.3 Å². The number of carbonyl (C=O) groups excluding carboxylic acids is 3. The highest BCUT2D eigenvalue weighted by molar-refractivity contribution is 5.97. The van der Waals surface area contributed by atoms with Crippen molar-refractivity contribution in [3.05, 3.63) is 23.8 Å². The summed E-state index contributed by atoms with van der Waals surface area (Å²) in [7, 11) is 1.76. The smallest absolute Gasteiger partial charge is 0.414 e. The molecule has 7 heteroatoms. The van der Waals surface area contributed by atoms with Gasteiger partial charge >= 0.3 is 6.09 Å². The van der Waals surface area contributed by atoms with Crippen LogP contribution >= 0.6 is 0 Å². The Bertz CT molecular complexity index is 688. The minimum Gasteiger partial charge on any atom is -0.442 e. The summed E-state index contributed by atoms with van der Waals surface area (Å²) in [6, 6.07) is 5.62. The first kappa shape index (κ1) is 16.3. The number of fused-ring (bicyclic) bond motifs is 1. The number of aryl methyl sites for hydroxylation is 1. The van der Waals surface area contributed by atoms with Crippen LogP contribution in [0.15, 0.2) is 18.2 Å². The fraction of sp³-hybridized carbons (Fsp3) is 0.471. The number of anilines is 2. The van der Waals surface area contributed by atoms with Gasteiger partial charge in [0.25, 0.3) is 0 Å². The van der Waals surface area contributed by atoms with Crippen molar-refractivity contribution in [1.82, 2.24) is 5.32 Å². The SMILES string of the molecule is CCC(=O)NC[C@H]1CN(c2ccc3c(c2)CCC(=O)N3C)C(=O)O1. The molecule has 1 fully saturated rings. The molecule has 2 aliphatic heterocycles. The predicted octanol–water partition coefficient (Wildman–Crippen LogP) is 1.45. The molecular formula is C17H21N3O4. The van der Waals surface area contributed by atoms with Crippen molar-refractivity contribution in [2.75, 3.05) is 29.9 Å². The van der Waals surface area contributed by atoms with E-state index >= 15 is 0 Å². The van der Waals surface area contributed by atoms with E-state index in [1.165, 1.54) is 0 Å². The average Bonchev–Trinajstić information content (AvgIpc) is 2.96. The molecule has 3 amide bonds. The largest absolute Gasteiger partial charge is 0.442 e. The van der Waals surface area contributed by atoms with Gasteiger partial charge in [0, 0.05) is 31.3 Å². The van der Waals surface area contributed by atoms with Crippen LogP contribution < -0.4 is 15.1 Å². The van der Waals surface area contributed by atoms with Crippen LogP contribution in [0.25, 0.3) is 0 Å². The van der Waals surface area contributed by atoms with E-state index in [1.54, 1.807) is 23.8 Å². The average molecular weight is 331 g/mol. The maximum atomic E-state index is 12.1. The summed E-state index contributed by atoms with van der Waals surface area (Å²) >= 11 is 0. The molecule has 0 aromatic heterocycles. The van der Waals surface area contributed by atoms with Gasteiger partial charge in [-0.25, -0.2) is 4.79 Å². The highest BCUT2D eigenvalue weighted by atomic mass is 16.6. The summed E-state index contributed by atoms with van der Waals surface area (Å²) in [4.78, 5) is 38.4. The number of hydrogen-bond donors (Lipinski definition) is 1. The van der Waals surface area contributed by atoms with Crippen molar-refractivity contribution < 1.29 is 19.1 Å². The third kappa shape index (κ3) is 3.06. The van der Waals surface area contributed by atoms with Gasteiger partial charge in [0.05, 0.1) is 13.1 Å². The molecular weight excluding hydrogens is 310 g/mol. The molecule has 2 heterocycles. The van der Waals surface area contributed by atoms with Crippen molar-refractivity contribution in [2.45, 2.75) is 32.3 Å². The van der Waals surface area contributed by atoms with E-state index in [4.69, 9.17) is 4.74 Å². The summed E-state index contributed by atoms with van der Waals surface area (Å²) in [5, 5.41) is 2.74. The summed E-state index contributed by atoms with van der Waals surface area (Å²) in [6.45, 7) is 2.49. The van der Waals surface area contributed by atoms with Gasteiger partial charge in [-0.05, 0) is 30.2 Å². The summed E-state index contributed by atoms with van der Waals surface area (Å²) in [5.41, 5.74) is 2.69. The molecule has 1 atom stereocenters. The number of benzene rings is 1. The van der Waals surface area contributed by atoms with Crippen LogP contribution in [0.4, 0.5) is 16.2 Å². The summed E-state index contributed by atoms with van der Waals surface area (Å²) in [5.74, 6) is 0.0357. The number of amides is 3. The maximum absolute atomic E-state index is 12.1. The Hall–Kier alpha value is -2.57. The van der Waals surface area contributed by atoms with Crippen molar-refractivity contribution in [1.29, 1.82) is 0 Å². The number of ether oxygens (including phenoxy) is 1. The van der Waals surface area contributed by atoms with Crippen LogP contribution in [-0.2, 0) is 20.7 Å². The minimum atomic E-state index is -0.411. The molecule has 1 N–H and O–H groups in total. The molecule has 1 aromatic carbocycles. The Morgan fingerprint density at radius 3 is 2.88 bits per heavy atom.